The van der Waals surface area contributed by atoms with Gasteiger partial charge >= 0.3 is 5.97 Å². The van der Waals surface area contributed by atoms with Crippen LogP contribution in [0.25, 0.3) is 0 Å². The van der Waals surface area contributed by atoms with Crippen molar-refractivity contribution >= 4 is 16.8 Å². The molecule has 0 radical (unpaired) electrons. The largest absolute Gasteiger partial charge is 0.478 e. The van der Waals surface area contributed by atoms with Gasteiger partial charge in [0.05, 0.1) is 16.4 Å². The molecule has 0 heterocycles. The average Bonchev–Trinajstić information content (AvgIpc) is 3.20. The molecule has 0 bridgehead atoms. The highest BCUT2D eigenvalue weighted by molar-refractivity contribution is 7.85. The van der Waals surface area contributed by atoms with Crippen LogP contribution in [0.3, 0.4) is 0 Å². The highest BCUT2D eigenvalue weighted by Crippen LogP contribution is 2.33. The maximum Gasteiger partial charge on any atom is 0.336 e. The van der Waals surface area contributed by atoms with E-state index in [1.54, 1.807) is 6.07 Å². The molecule has 1 fully saturated rings. The zero-order chi connectivity index (χ0) is 14.0. The van der Waals surface area contributed by atoms with Crippen LogP contribution >= 0.6 is 0 Å². The zero-order valence-electron chi connectivity index (χ0n) is 11.4. The molecule has 1 saturated carbocycles. The highest BCUT2D eigenvalue weighted by atomic mass is 32.2. The molecule has 1 aromatic carbocycles. The number of carbonyl (C=O) groups is 1. The Morgan fingerprint density at radius 1 is 1.32 bits per heavy atom. The molecule has 0 aliphatic heterocycles. The predicted molar refractivity (Wildman–Crippen MR) is 76.2 cm³/mol. The third-order valence-electron chi connectivity index (χ3n) is 3.62. The van der Waals surface area contributed by atoms with Crippen molar-refractivity contribution in [3.8, 4) is 0 Å². The van der Waals surface area contributed by atoms with Crippen molar-refractivity contribution in [2.24, 2.45) is 5.92 Å². The Labute approximate surface area is 116 Å². The van der Waals surface area contributed by atoms with Crippen LogP contribution in [0, 0.1) is 5.92 Å². The summed E-state index contributed by atoms with van der Waals surface area (Å²) in [4.78, 5) is 12.1. The molecule has 1 N–H and O–H groups in total. The lowest BCUT2D eigenvalue weighted by molar-refractivity contribution is 0.0695. The van der Waals surface area contributed by atoms with Gasteiger partial charge in [-0.3, -0.25) is 4.21 Å². The fourth-order valence-corrected chi connectivity index (χ4v) is 4.33. The summed E-state index contributed by atoms with van der Waals surface area (Å²) in [6.45, 7) is 3.95. The summed E-state index contributed by atoms with van der Waals surface area (Å²) in [5.74, 6) is 0.330. The fourth-order valence-electron chi connectivity index (χ4n) is 2.37. The first kappa shape index (κ1) is 14.3. The molecular weight excluding hydrogens is 260 g/mol. The van der Waals surface area contributed by atoms with Gasteiger partial charge in [-0.25, -0.2) is 4.79 Å². The van der Waals surface area contributed by atoms with Gasteiger partial charge in [0.25, 0.3) is 0 Å². The van der Waals surface area contributed by atoms with Crippen LogP contribution in [-0.4, -0.2) is 21.0 Å². The van der Waals surface area contributed by atoms with Crippen LogP contribution in [-0.2, 0) is 23.6 Å². The van der Waals surface area contributed by atoms with E-state index in [0.29, 0.717) is 23.7 Å². The number of aromatic carboxylic acids is 1. The zero-order valence-corrected chi connectivity index (χ0v) is 12.3. The third-order valence-corrected chi connectivity index (χ3v) is 5.36. The first-order valence-corrected chi connectivity index (χ1v) is 8.16. The fraction of sp³-hybridized carbons (Fsp3) is 0.533. The van der Waals surface area contributed by atoms with Crippen molar-refractivity contribution in [1.29, 1.82) is 0 Å². The van der Waals surface area contributed by atoms with Crippen LogP contribution in [0.15, 0.2) is 17.0 Å². The Balaban J connectivity index is 2.49. The molecule has 104 valence electrons. The topological polar surface area (TPSA) is 54.4 Å². The summed E-state index contributed by atoms with van der Waals surface area (Å²) in [6.07, 6.45) is 3.72. The van der Waals surface area contributed by atoms with E-state index >= 15 is 0 Å². The highest BCUT2D eigenvalue weighted by Gasteiger charge is 2.27. The van der Waals surface area contributed by atoms with Crippen molar-refractivity contribution in [1.82, 2.24) is 0 Å². The monoisotopic (exact) mass is 280 g/mol. The van der Waals surface area contributed by atoms with Crippen molar-refractivity contribution < 1.29 is 14.1 Å². The van der Waals surface area contributed by atoms with Gasteiger partial charge in [0.1, 0.15) is 0 Å². The summed E-state index contributed by atoms with van der Waals surface area (Å²) in [7, 11) is -1.06. The van der Waals surface area contributed by atoms with Crippen molar-refractivity contribution in [3.63, 3.8) is 0 Å². The second-order valence-corrected chi connectivity index (χ2v) is 6.48. The third kappa shape index (κ3) is 3.06. The first-order chi connectivity index (χ1) is 9.08. The van der Waals surface area contributed by atoms with Gasteiger partial charge in [0.15, 0.2) is 0 Å². The molecule has 2 rings (SSSR count). The van der Waals surface area contributed by atoms with E-state index in [1.165, 1.54) is 0 Å². The van der Waals surface area contributed by atoms with Crippen LogP contribution in [0.4, 0.5) is 0 Å². The van der Waals surface area contributed by atoms with Gasteiger partial charge in [-0.05, 0) is 48.8 Å². The molecule has 1 aliphatic rings. The number of carboxylic acid groups (broad SMARTS) is 1. The number of hydrogen-bond donors (Lipinski definition) is 1. The Kier molecular flexibility index (Phi) is 4.40. The SMILES string of the molecule is CCc1ccc(C(=O)O)c(CC)c1[S@@](=O)CC1CC1. The minimum absolute atomic E-state index is 0.304. The average molecular weight is 280 g/mol. The Hall–Kier alpha value is -1.16. The van der Waals surface area contributed by atoms with E-state index < -0.39 is 16.8 Å². The number of aryl methyl sites for hydroxylation is 1. The molecule has 0 aromatic heterocycles. The molecule has 3 nitrogen and oxygen atoms in total. The lowest BCUT2D eigenvalue weighted by Crippen LogP contribution is -2.12. The smallest absolute Gasteiger partial charge is 0.336 e. The number of benzene rings is 1. The molecule has 0 spiro atoms. The normalized spacial score (nSPS) is 16.3. The Morgan fingerprint density at radius 2 is 2.00 bits per heavy atom. The number of carboxylic acids is 1. The van der Waals surface area contributed by atoms with E-state index in [0.717, 1.165) is 35.3 Å². The molecule has 0 saturated heterocycles. The van der Waals surface area contributed by atoms with Gasteiger partial charge < -0.3 is 5.11 Å². The quantitative estimate of drug-likeness (QED) is 0.871. The second kappa shape index (κ2) is 5.87. The van der Waals surface area contributed by atoms with E-state index in [1.807, 2.05) is 19.9 Å². The number of rotatable bonds is 6. The predicted octanol–water partition coefficient (Wildman–Crippen LogP) is 3.03. The standard InChI is InChI=1S/C15H20O3S/c1-3-11-7-8-13(15(16)17)12(4-2)14(11)19(18)9-10-5-6-10/h7-8,10H,3-6,9H2,1-2H3,(H,16,17)/t19-/m0/s1. The van der Waals surface area contributed by atoms with E-state index in [-0.39, 0.29) is 0 Å². The van der Waals surface area contributed by atoms with Crippen LogP contribution in [0.1, 0.15) is 48.2 Å². The Bertz CT molecular complexity index is 518. The van der Waals surface area contributed by atoms with Gasteiger partial charge in [-0.15, -0.1) is 0 Å². The lowest BCUT2D eigenvalue weighted by atomic mass is 10.0. The Morgan fingerprint density at radius 3 is 2.47 bits per heavy atom. The van der Waals surface area contributed by atoms with Crippen LogP contribution < -0.4 is 0 Å². The van der Waals surface area contributed by atoms with Gasteiger partial charge in [-0.1, -0.05) is 19.9 Å². The van der Waals surface area contributed by atoms with E-state index in [4.69, 9.17) is 0 Å². The molecule has 0 unspecified atom stereocenters. The molecule has 4 heteroatoms. The molecule has 19 heavy (non-hydrogen) atoms. The van der Waals surface area contributed by atoms with Gasteiger partial charge in [-0.2, -0.15) is 0 Å². The first-order valence-electron chi connectivity index (χ1n) is 6.84. The molecular formula is C15H20O3S. The summed E-state index contributed by atoms with van der Waals surface area (Å²) >= 11 is 0. The molecule has 0 amide bonds. The van der Waals surface area contributed by atoms with Crippen molar-refractivity contribution in [3.05, 3.63) is 28.8 Å². The number of hydrogen-bond acceptors (Lipinski definition) is 2. The van der Waals surface area contributed by atoms with Crippen molar-refractivity contribution in [2.75, 3.05) is 5.75 Å². The van der Waals surface area contributed by atoms with E-state index in [9.17, 15) is 14.1 Å². The minimum Gasteiger partial charge on any atom is -0.478 e. The van der Waals surface area contributed by atoms with Crippen LogP contribution in [0.5, 0.6) is 0 Å². The second-order valence-electron chi connectivity index (χ2n) is 5.05. The molecule has 1 aliphatic carbocycles. The molecule has 1 atom stereocenters. The molecule has 1 aromatic rings. The summed E-state index contributed by atoms with van der Waals surface area (Å²) < 4.78 is 12.5. The minimum atomic E-state index is -1.06. The van der Waals surface area contributed by atoms with Gasteiger partial charge in [0.2, 0.25) is 0 Å². The summed E-state index contributed by atoms with van der Waals surface area (Å²) in [6, 6.07) is 3.47. The maximum absolute atomic E-state index is 12.5. The van der Waals surface area contributed by atoms with Gasteiger partial charge in [0, 0.05) is 10.6 Å². The summed E-state index contributed by atoms with van der Waals surface area (Å²) in [5, 5.41) is 9.26. The van der Waals surface area contributed by atoms with Crippen molar-refractivity contribution in [2.45, 2.75) is 44.4 Å². The lowest BCUT2D eigenvalue weighted by Gasteiger charge is -2.15. The summed E-state index contributed by atoms with van der Waals surface area (Å²) in [5.41, 5.74) is 2.09. The maximum atomic E-state index is 12.5. The van der Waals surface area contributed by atoms with E-state index in [2.05, 4.69) is 0 Å². The van der Waals surface area contributed by atoms with Crippen LogP contribution in [0.2, 0.25) is 0 Å².